The van der Waals surface area contributed by atoms with Crippen LogP contribution in [0.1, 0.15) is 19.3 Å². The molecule has 1 heterocycles. The van der Waals surface area contributed by atoms with Crippen LogP contribution in [0.4, 0.5) is 0 Å². The smallest absolute Gasteiger partial charge is 0.333 e. The minimum Gasteiger partial charge on any atom is -0.462 e. The number of rotatable bonds is 0. The summed E-state index contributed by atoms with van der Waals surface area (Å²) in [4.78, 5) is 10.7. The van der Waals surface area contributed by atoms with Crippen molar-refractivity contribution in [2.75, 3.05) is 6.61 Å². The van der Waals surface area contributed by atoms with Crippen molar-refractivity contribution >= 4 is 5.97 Å². The molecule has 0 aliphatic carbocycles. The molecule has 0 aromatic rings. The van der Waals surface area contributed by atoms with Crippen molar-refractivity contribution in [2.24, 2.45) is 0 Å². The fourth-order valence-corrected chi connectivity index (χ4v) is 0.809. The SMILES string of the molecule is C=C1CCCCOC1=O. The van der Waals surface area contributed by atoms with Gasteiger partial charge < -0.3 is 4.74 Å². The van der Waals surface area contributed by atoms with E-state index in [2.05, 4.69) is 6.58 Å². The minimum absolute atomic E-state index is 0.215. The van der Waals surface area contributed by atoms with E-state index in [-0.39, 0.29) is 5.97 Å². The van der Waals surface area contributed by atoms with Crippen LogP contribution in [-0.4, -0.2) is 12.6 Å². The van der Waals surface area contributed by atoms with Gasteiger partial charge >= 0.3 is 5.97 Å². The van der Waals surface area contributed by atoms with Crippen LogP contribution in [0, 0.1) is 0 Å². The summed E-state index contributed by atoms with van der Waals surface area (Å²) in [5.41, 5.74) is 0.618. The van der Waals surface area contributed by atoms with Gasteiger partial charge in [-0.25, -0.2) is 4.79 Å². The Morgan fingerprint density at radius 2 is 2.22 bits per heavy atom. The zero-order valence-corrected chi connectivity index (χ0v) is 5.35. The van der Waals surface area contributed by atoms with Crippen LogP contribution in [0.2, 0.25) is 0 Å². The average molecular weight is 126 g/mol. The predicted molar refractivity (Wildman–Crippen MR) is 33.9 cm³/mol. The first-order valence-corrected chi connectivity index (χ1v) is 3.15. The first-order chi connectivity index (χ1) is 4.30. The standard InChI is InChI=1S/C7H10O2/c1-6-4-2-3-5-9-7(6)8/h1-5H2. The minimum atomic E-state index is -0.215. The molecular formula is C7H10O2. The Hall–Kier alpha value is -0.790. The average Bonchev–Trinajstić information content (AvgIpc) is 1.99. The molecular weight excluding hydrogens is 116 g/mol. The summed E-state index contributed by atoms with van der Waals surface area (Å²) < 4.78 is 4.78. The van der Waals surface area contributed by atoms with Crippen LogP contribution >= 0.6 is 0 Å². The summed E-state index contributed by atoms with van der Waals surface area (Å²) in [7, 11) is 0. The number of esters is 1. The van der Waals surface area contributed by atoms with E-state index in [0.717, 1.165) is 19.3 Å². The molecule has 0 aromatic heterocycles. The Labute approximate surface area is 54.5 Å². The number of carbonyl (C=O) groups excluding carboxylic acids is 1. The first kappa shape index (κ1) is 6.33. The quantitative estimate of drug-likeness (QED) is 0.361. The van der Waals surface area contributed by atoms with Crippen molar-refractivity contribution in [1.82, 2.24) is 0 Å². The van der Waals surface area contributed by atoms with Crippen molar-refractivity contribution in [3.05, 3.63) is 12.2 Å². The molecule has 0 unspecified atom stereocenters. The maximum atomic E-state index is 10.7. The largest absolute Gasteiger partial charge is 0.462 e. The molecule has 1 aliphatic heterocycles. The Kier molecular flexibility index (Phi) is 1.88. The molecule has 1 saturated heterocycles. The molecule has 0 atom stereocenters. The third kappa shape index (κ3) is 1.56. The lowest BCUT2D eigenvalue weighted by molar-refractivity contribution is -0.138. The van der Waals surface area contributed by atoms with Gasteiger partial charge in [0.25, 0.3) is 0 Å². The fraction of sp³-hybridized carbons (Fsp3) is 0.571. The molecule has 1 rings (SSSR count). The van der Waals surface area contributed by atoms with E-state index in [1.807, 2.05) is 0 Å². The molecule has 2 heteroatoms. The zero-order chi connectivity index (χ0) is 6.69. The molecule has 0 bridgehead atoms. The van der Waals surface area contributed by atoms with E-state index in [0.29, 0.717) is 12.2 Å². The van der Waals surface area contributed by atoms with E-state index >= 15 is 0 Å². The summed E-state index contributed by atoms with van der Waals surface area (Å²) in [6.07, 6.45) is 2.81. The van der Waals surface area contributed by atoms with E-state index < -0.39 is 0 Å². The number of hydrogen-bond donors (Lipinski definition) is 0. The summed E-state index contributed by atoms with van der Waals surface area (Å²) in [5.74, 6) is -0.215. The van der Waals surface area contributed by atoms with E-state index in [9.17, 15) is 4.79 Å². The summed E-state index contributed by atoms with van der Waals surface area (Å²) in [6.45, 7) is 4.15. The molecule has 0 amide bonds. The second-order valence-corrected chi connectivity index (χ2v) is 2.20. The van der Waals surface area contributed by atoms with Crippen molar-refractivity contribution in [2.45, 2.75) is 19.3 Å². The summed E-state index contributed by atoms with van der Waals surface area (Å²) in [6, 6.07) is 0. The van der Waals surface area contributed by atoms with Gasteiger partial charge in [0.15, 0.2) is 0 Å². The van der Waals surface area contributed by atoms with Gasteiger partial charge in [-0.1, -0.05) is 6.58 Å². The van der Waals surface area contributed by atoms with Gasteiger partial charge in [-0.05, 0) is 19.3 Å². The van der Waals surface area contributed by atoms with Gasteiger partial charge in [-0.2, -0.15) is 0 Å². The monoisotopic (exact) mass is 126 g/mol. The van der Waals surface area contributed by atoms with Crippen LogP contribution in [0.5, 0.6) is 0 Å². The van der Waals surface area contributed by atoms with Crippen molar-refractivity contribution < 1.29 is 9.53 Å². The van der Waals surface area contributed by atoms with Crippen LogP contribution in [0.3, 0.4) is 0 Å². The molecule has 9 heavy (non-hydrogen) atoms. The van der Waals surface area contributed by atoms with Crippen molar-refractivity contribution in [1.29, 1.82) is 0 Å². The van der Waals surface area contributed by atoms with Gasteiger partial charge in [-0.15, -0.1) is 0 Å². The zero-order valence-electron chi connectivity index (χ0n) is 5.35. The van der Waals surface area contributed by atoms with Crippen molar-refractivity contribution in [3.8, 4) is 0 Å². The number of cyclic esters (lactones) is 1. The maximum absolute atomic E-state index is 10.7. The van der Waals surface area contributed by atoms with Crippen molar-refractivity contribution in [3.63, 3.8) is 0 Å². The lowest BCUT2D eigenvalue weighted by atomic mass is 10.1. The molecule has 0 radical (unpaired) electrons. The highest BCUT2D eigenvalue weighted by Crippen LogP contribution is 2.11. The molecule has 50 valence electrons. The van der Waals surface area contributed by atoms with Crippen LogP contribution in [0.15, 0.2) is 12.2 Å². The topological polar surface area (TPSA) is 26.3 Å². The molecule has 1 fully saturated rings. The highest BCUT2D eigenvalue weighted by atomic mass is 16.5. The molecule has 0 N–H and O–H groups in total. The van der Waals surface area contributed by atoms with Gasteiger partial charge in [0.1, 0.15) is 0 Å². The van der Waals surface area contributed by atoms with Gasteiger partial charge in [-0.3, -0.25) is 0 Å². The van der Waals surface area contributed by atoms with Gasteiger partial charge in [0.2, 0.25) is 0 Å². The highest BCUT2D eigenvalue weighted by Gasteiger charge is 2.10. The van der Waals surface area contributed by atoms with Gasteiger partial charge in [0, 0.05) is 5.57 Å². The first-order valence-electron chi connectivity index (χ1n) is 3.15. The normalized spacial score (nSPS) is 20.9. The second-order valence-electron chi connectivity index (χ2n) is 2.20. The molecule has 0 spiro atoms. The molecule has 2 nitrogen and oxygen atoms in total. The molecule has 0 aromatic carbocycles. The lowest BCUT2D eigenvalue weighted by Gasteiger charge is -1.96. The van der Waals surface area contributed by atoms with Gasteiger partial charge in [0.05, 0.1) is 6.61 Å². The van der Waals surface area contributed by atoms with E-state index in [4.69, 9.17) is 4.74 Å². The maximum Gasteiger partial charge on any atom is 0.333 e. The van der Waals surface area contributed by atoms with Crippen LogP contribution in [0.25, 0.3) is 0 Å². The van der Waals surface area contributed by atoms with Crippen LogP contribution in [-0.2, 0) is 9.53 Å². The van der Waals surface area contributed by atoms with Crippen LogP contribution < -0.4 is 0 Å². The third-order valence-electron chi connectivity index (χ3n) is 1.39. The fourth-order valence-electron chi connectivity index (χ4n) is 0.809. The number of hydrogen-bond acceptors (Lipinski definition) is 2. The number of ether oxygens (including phenoxy) is 1. The Morgan fingerprint density at radius 3 is 3.00 bits per heavy atom. The summed E-state index contributed by atoms with van der Waals surface area (Å²) in [5, 5.41) is 0. The summed E-state index contributed by atoms with van der Waals surface area (Å²) >= 11 is 0. The lowest BCUT2D eigenvalue weighted by Crippen LogP contribution is -2.03. The third-order valence-corrected chi connectivity index (χ3v) is 1.39. The second kappa shape index (κ2) is 2.67. The number of carbonyl (C=O) groups is 1. The molecule has 1 aliphatic rings. The van der Waals surface area contributed by atoms with E-state index in [1.54, 1.807) is 0 Å². The Morgan fingerprint density at radius 1 is 1.44 bits per heavy atom. The highest BCUT2D eigenvalue weighted by molar-refractivity contribution is 5.87. The predicted octanol–water partition coefficient (Wildman–Crippen LogP) is 1.27. The molecule has 0 saturated carbocycles. The Balaban J connectivity index is 2.51. The Bertz CT molecular complexity index is 122. The van der Waals surface area contributed by atoms with E-state index in [1.165, 1.54) is 0 Å².